The van der Waals surface area contributed by atoms with Gasteiger partial charge in [0.2, 0.25) is 0 Å². The van der Waals surface area contributed by atoms with Crippen LogP contribution in [0.5, 0.6) is 5.75 Å². The van der Waals surface area contributed by atoms with E-state index < -0.39 is 0 Å². The van der Waals surface area contributed by atoms with Crippen molar-refractivity contribution >= 4 is 17.5 Å². The molecule has 5 nitrogen and oxygen atoms in total. The lowest BCUT2D eigenvalue weighted by Crippen LogP contribution is -2.44. The zero-order valence-electron chi connectivity index (χ0n) is 14.2. The molecule has 1 amide bonds. The molecule has 1 N–H and O–H groups in total. The van der Waals surface area contributed by atoms with Gasteiger partial charge in [-0.2, -0.15) is 0 Å². The van der Waals surface area contributed by atoms with Gasteiger partial charge in [-0.1, -0.05) is 17.7 Å². The fourth-order valence-electron chi connectivity index (χ4n) is 3.10. The Hall–Kier alpha value is -2.11. The number of aromatic nitrogens is 1. The molecule has 1 aromatic heterocycles. The molecule has 0 unspecified atom stereocenters. The number of hydrogen-bond acceptors (Lipinski definition) is 4. The van der Waals surface area contributed by atoms with Gasteiger partial charge in [-0.15, -0.1) is 0 Å². The number of halogens is 1. The van der Waals surface area contributed by atoms with E-state index in [0.29, 0.717) is 16.3 Å². The first-order chi connectivity index (χ1) is 12.2. The summed E-state index contributed by atoms with van der Waals surface area (Å²) in [5.74, 6) is 0.387. The van der Waals surface area contributed by atoms with E-state index in [4.69, 9.17) is 16.3 Å². The maximum atomic E-state index is 12.5. The first kappa shape index (κ1) is 17.7. The molecule has 0 bridgehead atoms. The Balaban J connectivity index is 1.53. The zero-order chi connectivity index (χ0) is 17.6. The van der Waals surface area contributed by atoms with E-state index in [0.717, 1.165) is 32.5 Å². The van der Waals surface area contributed by atoms with Gasteiger partial charge in [0.1, 0.15) is 5.75 Å². The molecule has 132 valence electrons. The summed E-state index contributed by atoms with van der Waals surface area (Å²) in [7, 11) is 1.54. The minimum atomic E-state index is -0.112. The van der Waals surface area contributed by atoms with Crippen LogP contribution in [-0.4, -0.2) is 42.0 Å². The Kier molecular flexibility index (Phi) is 5.89. The molecule has 1 aromatic carbocycles. The lowest BCUT2D eigenvalue weighted by molar-refractivity contribution is 0.0906. The minimum absolute atomic E-state index is 0.112. The minimum Gasteiger partial charge on any atom is -0.496 e. The lowest BCUT2D eigenvalue weighted by atomic mass is 10.0. The van der Waals surface area contributed by atoms with E-state index in [-0.39, 0.29) is 11.9 Å². The molecule has 1 fully saturated rings. The second-order valence-corrected chi connectivity index (χ2v) is 6.67. The SMILES string of the molecule is COc1cc(Cl)ccc1C(=O)NC1CCN(Cc2cccnc2)CC1. The van der Waals surface area contributed by atoms with Crippen molar-refractivity contribution in [1.29, 1.82) is 0 Å². The summed E-state index contributed by atoms with van der Waals surface area (Å²) in [5.41, 5.74) is 1.74. The summed E-state index contributed by atoms with van der Waals surface area (Å²) >= 11 is 5.95. The van der Waals surface area contributed by atoms with E-state index >= 15 is 0 Å². The van der Waals surface area contributed by atoms with E-state index in [2.05, 4.69) is 21.3 Å². The molecule has 2 heterocycles. The second-order valence-electron chi connectivity index (χ2n) is 6.23. The van der Waals surface area contributed by atoms with Gasteiger partial charge in [-0.25, -0.2) is 0 Å². The number of amides is 1. The number of pyridine rings is 1. The summed E-state index contributed by atoms with van der Waals surface area (Å²) < 4.78 is 5.26. The van der Waals surface area contributed by atoms with Crippen molar-refractivity contribution in [1.82, 2.24) is 15.2 Å². The average molecular weight is 360 g/mol. The van der Waals surface area contributed by atoms with Crippen molar-refractivity contribution < 1.29 is 9.53 Å². The molecule has 0 aliphatic carbocycles. The maximum Gasteiger partial charge on any atom is 0.255 e. The van der Waals surface area contributed by atoms with Gasteiger partial charge >= 0.3 is 0 Å². The van der Waals surface area contributed by atoms with Crippen molar-refractivity contribution in [3.05, 3.63) is 58.9 Å². The third-order valence-corrected chi connectivity index (χ3v) is 4.70. The molecule has 1 aliphatic heterocycles. The van der Waals surface area contributed by atoms with Crippen molar-refractivity contribution in [2.24, 2.45) is 0 Å². The summed E-state index contributed by atoms with van der Waals surface area (Å²) in [6, 6.07) is 9.30. The number of benzene rings is 1. The monoisotopic (exact) mass is 359 g/mol. The number of carbonyl (C=O) groups excluding carboxylic acids is 1. The van der Waals surface area contributed by atoms with Crippen molar-refractivity contribution in [2.75, 3.05) is 20.2 Å². The molecule has 25 heavy (non-hydrogen) atoms. The van der Waals surface area contributed by atoms with E-state index in [9.17, 15) is 4.79 Å². The number of likely N-dealkylation sites (tertiary alicyclic amines) is 1. The molecule has 6 heteroatoms. The van der Waals surface area contributed by atoms with E-state index in [1.54, 1.807) is 31.5 Å². The van der Waals surface area contributed by atoms with Crippen LogP contribution in [-0.2, 0) is 6.54 Å². The number of nitrogens with zero attached hydrogens (tertiary/aromatic N) is 2. The van der Waals surface area contributed by atoms with Gasteiger partial charge < -0.3 is 10.1 Å². The molecule has 3 rings (SSSR count). The standard InChI is InChI=1S/C19H22ClN3O2/c1-25-18-11-15(20)4-5-17(18)19(24)22-16-6-9-23(10-7-16)13-14-3-2-8-21-12-14/h2-5,8,11-12,16H,6-7,9-10,13H2,1H3,(H,22,24). The Morgan fingerprint density at radius 3 is 2.84 bits per heavy atom. The molecule has 0 saturated carbocycles. The first-order valence-corrected chi connectivity index (χ1v) is 8.79. The maximum absolute atomic E-state index is 12.5. The molecule has 1 aliphatic rings. The molecular formula is C19H22ClN3O2. The van der Waals surface area contributed by atoms with Crippen LogP contribution in [0.15, 0.2) is 42.7 Å². The highest BCUT2D eigenvalue weighted by atomic mass is 35.5. The van der Waals surface area contributed by atoms with Crippen molar-refractivity contribution in [2.45, 2.75) is 25.4 Å². The largest absolute Gasteiger partial charge is 0.496 e. The highest BCUT2D eigenvalue weighted by Crippen LogP contribution is 2.23. The van der Waals surface area contributed by atoms with Crippen LogP contribution >= 0.6 is 11.6 Å². The van der Waals surface area contributed by atoms with Gasteiger partial charge in [0, 0.05) is 43.1 Å². The molecular weight excluding hydrogens is 338 g/mol. The van der Waals surface area contributed by atoms with Gasteiger partial charge in [0.05, 0.1) is 12.7 Å². The number of piperidine rings is 1. The number of carbonyl (C=O) groups is 1. The summed E-state index contributed by atoms with van der Waals surface area (Å²) in [4.78, 5) is 19.1. The van der Waals surface area contributed by atoms with Gasteiger partial charge in [-0.05, 0) is 42.7 Å². The molecule has 1 saturated heterocycles. The van der Waals surface area contributed by atoms with Crippen LogP contribution < -0.4 is 10.1 Å². The lowest BCUT2D eigenvalue weighted by Gasteiger charge is -2.32. The van der Waals surface area contributed by atoms with Crippen LogP contribution in [0.1, 0.15) is 28.8 Å². The Labute approximate surface area is 153 Å². The fourth-order valence-corrected chi connectivity index (χ4v) is 3.26. The van der Waals surface area contributed by atoms with Crippen LogP contribution in [0.2, 0.25) is 5.02 Å². The van der Waals surface area contributed by atoms with Crippen LogP contribution in [0.25, 0.3) is 0 Å². The average Bonchev–Trinajstić information content (AvgIpc) is 2.64. The van der Waals surface area contributed by atoms with Crippen molar-refractivity contribution in [3.63, 3.8) is 0 Å². The van der Waals surface area contributed by atoms with E-state index in [1.807, 2.05) is 12.3 Å². The van der Waals surface area contributed by atoms with Gasteiger partial charge in [-0.3, -0.25) is 14.7 Å². The number of methoxy groups -OCH3 is 1. The first-order valence-electron chi connectivity index (χ1n) is 8.41. The quantitative estimate of drug-likeness (QED) is 0.891. The molecule has 2 aromatic rings. The van der Waals surface area contributed by atoms with Crippen LogP contribution in [0.4, 0.5) is 0 Å². The van der Waals surface area contributed by atoms with Gasteiger partial charge in [0.25, 0.3) is 5.91 Å². The number of ether oxygens (including phenoxy) is 1. The predicted octanol–water partition coefficient (Wildman–Crippen LogP) is 3.14. The highest BCUT2D eigenvalue weighted by molar-refractivity contribution is 6.30. The number of hydrogen-bond donors (Lipinski definition) is 1. The number of rotatable bonds is 5. The smallest absolute Gasteiger partial charge is 0.255 e. The fraction of sp³-hybridized carbons (Fsp3) is 0.368. The third kappa shape index (κ3) is 4.71. The summed E-state index contributed by atoms with van der Waals surface area (Å²) in [5, 5.41) is 3.67. The Morgan fingerprint density at radius 1 is 1.36 bits per heavy atom. The van der Waals surface area contributed by atoms with Crippen LogP contribution in [0, 0.1) is 0 Å². The third-order valence-electron chi connectivity index (χ3n) is 4.46. The van der Waals surface area contributed by atoms with Crippen LogP contribution in [0.3, 0.4) is 0 Å². The molecule has 0 atom stereocenters. The summed E-state index contributed by atoms with van der Waals surface area (Å²) in [6.07, 6.45) is 5.56. The Bertz CT molecular complexity index is 716. The van der Waals surface area contributed by atoms with E-state index in [1.165, 1.54) is 5.56 Å². The highest BCUT2D eigenvalue weighted by Gasteiger charge is 2.22. The molecule has 0 radical (unpaired) electrons. The normalized spacial score (nSPS) is 15.8. The number of nitrogens with one attached hydrogen (secondary N) is 1. The zero-order valence-corrected chi connectivity index (χ0v) is 15.0. The predicted molar refractivity (Wildman–Crippen MR) is 98.0 cm³/mol. The second kappa shape index (κ2) is 8.32. The van der Waals surface area contributed by atoms with Gasteiger partial charge in [0.15, 0.2) is 0 Å². The van der Waals surface area contributed by atoms with Crippen molar-refractivity contribution in [3.8, 4) is 5.75 Å². The Morgan fingerprint density at radius 2 is 2.16 bits per heavy atom. The summed E-state index contributed by atoms with van der Waals surface area (Å²) in [6.45, 7) is 2.81. The topological polar surface area (TPSA) is 54.5 Å². The molecule has 0 spiro atoms.